The molecule has 1 heterocycles. The van der Waals surface area contributed by atoms with E-state index in [1.807, 2.05) is 26.2 Å². The summed E-state index contributed by atoms with van der Waals surface area (Å²) in [4.78, 5) is 22.1. The molecule has 1 aliphatic heterocycles. The highest BCUT2D eigenvalue weighted by molar-refractivity contribution is 14.0. The molecule has 1 saturated carbocycles. The van der Waals surface area contributed by atoms with Crippen molar-refractivity contribution >= 4 is 35.8 Å². The van der Waals surface area contributed by atoms with Crippen molar-refractivity contribution in [2.45, 2.75) is 51.5 Å². The number of hydrogen-bond donors (Lipinski definition) is 2. The summed E-state index contributed by atoms with van der Waals surface area (Å²) >= 11 is 0. The second-order valence-corrected chi connectivity index (χ2v) is 9.30. The number of rotatable bonds is 9. The van der Waals surface area contributed by atoms with E-state index in [0.29, 0.717) is 6.54 Å². The van der Waals surface area contributed by atoms with E-state index in [1.165, 1.54) is 18.4 Å². The summed E-state index contributed by atoms with van der Waals surface area (Å²) in [6.07, 6.45) is 6.55. The lowest BCUT2D eigenvalue weighted by molar-refractivity contribution is -0.138. The molecular weight excluding hydrogens is 529 g/mol. The maximum Gasteiger partial charge on any atom is 0.230 e. The number of benzene rings is 1. The fourth-order valence-electron chi connectivity index (χ4n) is 5.07. The van der Waals surface area contributed by atoms with Gasteiger partial charge >= 0.3 is 0 Å². The van der Waals surface area contributed by atoms with E-state index in [4.69, 9.17) is 9.73 Å². The predicted octanol–water partition coefficient (Wildman–Crippen LogP) is 3.65. The van der Waals surface area contributed by atoms with Gasteiger partial charge in [0.05, 0.1) is 25.1 Å². The van der Waals surface area contributed by atoms with Gasteiger partial charge in [-0.15, -0.1) is 24.0 Å². The van der Waals surface area contributed by atoms with Gasteiger partial charge < -0.3 is 20.3 Å². The Morgan fingerprint density at radius 1 is 1.12 bits per heavy atom. The first-order valence-corrected chi connectivity index (χ1v) is 12.1. The molecule has 0 bridgehead atoms. The lowest BCUT2D eigenvalue weighted by Crippen LogP contribution is -2.45. The summed E-state index contributed by atoms with van der Waals surface area (Å²) < 4.78 is 5.34. The minimum Gasteiger partial charge on any atom is -0.497 e. The first kappa shape index (κ1) is 27.7. The number of likely N-dealkylation sites (tertiary alicyclic amines) is 1. The summed E-state index contributed by atoms with van der Waals surface area (Å²) in [5.41, 5.74) is 0.932. The summed E-state index contributed by atoms with van der Waals surface area (Å²) in [7, 11) is 5.40. The highest BCUT2D eigenvalue weighted by Gasteiger charge is 2.42. The molecule has 7 nitrogen and oxygen atoms in total. The number of hydrogen-bond acceptors (Lipinski definition) is 4. The summed E-state index contributed by atoms with van der Waals surface area (Å²) in [5.74, 6) is 1.88. The number of nitrogens with zero attached hydrogens (tertiary/aromatic N) is 3. The van der Waals surface area contributed by atoms with E-state index in [0.717, 1.165) is 63.6 Å². The number of guanidine groups is 1. The Balaban J connectivity index is 0.00000385. The molecule has 2 aliphatic rings. The molecular formula is C25H42IN5O2. The molecule has 0 aromatic heterocycles. The molecule has 1 unspecified atom stereocenters. The first-order chi connectivity index (χ1) is 15.5. The topological polar surface area (TPSA) is 69.2 Å². The van der Waals surface area contributed by atoms with Gasteiger partial charge in [0.2, 0.25) is 5.91 Å². The largest absolute Gasteiger partial charge is 0.497 e. The highest BCUT2D eigenvalue weighted by Crippen LogP contribution is 2.39. The third-order valence-corrected chi connectivity index (χ3v) is 6.85. The second kappa shape index (κ2) is 13.4. The Bertz CT molecular complexity index is 757. The zero-order valence-electron chi connectivity index (χ0n) is 20.7. The maximum atomic E-state index is 12.9. The Morgan fingerprint density at radius 3 is 2.30 bits per heavy atom. The molecule has 1 aromatic rings. The van der Waals surface area contributed by atoms with Gasteiger partial charge in [0.25, 0.3) is 0 Å². The van der Waals surface area contributed by atoms with E-state index in [2.05, 4.69) is 34.6 Å². The van der Waals surface area contributed by atoms with E-state index < -0.39 is 0 Å². The number of nitrogens with one attached hydrogen (secondary N) is 2. The van der Waals surface area contributed by atoms with Crippen LogP contribution in [0.25, 0.3) is 0 Å². The van der Waals surface area contributed by atoms with Gasteiger partial charge in [-0.05, 0) is 63.4 Å². The summed E-state index contributed by atoms with van der Waals surface area (Å²) in [5, 5.41) is 6.96. The monoisotopic (exact) mass is 571 g/mol. The van der Waals surface area contributed by atoms with Crippen molar-refractivity contribution < 1.29 is 9.53 Å². The molecule has 8 heteroatoms. The number of carbonyl (C=O) groups is 1. The predicted molar refractivity (Wildman–Crippen MR) is 146 cm³/mol. The molecule has 1 atom stereocenters. The molecule has 1 saturated heterocycles. The van der Waals surface area contributed by atoms with Gasteiger partial charge in [-0.2, -0.15) is 0 Å². The van der Waals surface area contributed by atoms with Crippen molar-refractivity contribution in [3.05, 3.63) is 29.8 Å². The van der Waals surface area contributed by atoms with E-state index in [1.54, 1.807) is 12.0 Å². The highest BCUT2D eigenvalue weighted by atomic mass is 127. The Hall–Kier alpha value is -1.55. The van der Waals surface area contributed by atoms with Crippen molar-refractivity contribution in [2.24, 2.45) is 10.4 Å². The lowest BCUT2D eigenvalue weighted by Gasteiger charge is -2.30. The summed E-state index contributed by atoms with van der Waals surface area (Å²) in [6.45, 7) is 6.41. The zero-order valence-corrected chi connectivity index (χ0v) is 23.1. The van der Waals surface area contributed by atoms with Crippen molar-refractivity contribution in [3.8, 4) is 5.75 Å². The van der Waals surface area contributed by atoms with Gasteiger partial charge in [0, 0.05) is 27.2 Å². The van der Waals surface area contributed by atoms with Gasteiger partial charge in [-0.3, -0.25) is 14.7 Å². The number of methoxy groups -OCH3 is 1. The molecule has 1 aromatic carbocycles. The van der Waals surface area contributed by atoms with Crippen LogP contribution in [-0.2, 0) is 4.79 Å². The van der Waals surface area contributed by atoms with E-state index in [9.17, 15) is 4.79 Å². The standard InChI is InChI=1S/C25H41N5O2.HI/c1-5-26-24(28-19-25(14-6-7-15-25)23(31)29(2)3)27-18-22(30-16-8-9-17-30)20-10-12-21(32-4)13-11-20;/h10-13,22H,5-9,14-19H2,1-4H3,(H2,26,27,28);1H. The first-order valence-electron chi connectivity index (χ1n) is 12.1. The van der Waals surface area contributed by atoms with Crippen LogP contribution in [0.2, 0.25) is 0 Å². The average molecular weight is 572 g/mol. The van der Waals surface area contributed by atoms with Crippen LogP contribution < -0.4 is 15.4 Å². The van der Waals surface area contributed by atoms with Crippen LogP contribution in [0.1, 0.15) is 57.1 Å². The average Bonchev–Trinajstić information content (AvgIpc) is 3.50. The molecule has 0 spiro atoms. The molecule has 1 amide bonds. The fourth-order valence-corrected chi connectivity index (χ4v) is 5.07. The molecule has 1 aliphatic carbocycles. The van der Waals surface area contributed by atoms with Crippen LogP contribution in [-0.4, -0.2) is 75.6 Å². The van der Waals surface area contributed by atoms with Gasteiger partial charge in [-0.1, -0.05) is 25.0 Å². The van der Waals surface area contributed by atoms with Crippen LogP contribution in [0.3, 0.4) is 0 Å². The molecule has 3 rings (SSSR count). The molecule has 2 fully saturated rings. The number of amides is 1. The van der Waals surface area contributed by atoms with Crippen LogP contribution in [0.5, 0.6) is 5.75 Å². The van der Waals surface area contributed by atoms with Crippen LogP contribution in [0.15, 0.2) is 29.3 Å². The zero-order chi connectivity index (χ0) is 23.0. The minimum absolute atomic E-state index is 0. The number of ether oxygens (including phenoxy) is 1. The quantitative estimate of drug-likeness (QED) is 0.269. The molecule has 2 N–H and O–H groups in total. The van der Waals surface area contributed by atoms with Gasteiger partial charge in [0.1, 0.15) is 5.75 Å². The van der Waals surface area contributed by atoms with E-state index in [-0.39, 0.29) is 41.3 Å². The fraction of sp³-hybridized carbons (Fsp3) is 0.680. The normalized spacial score (nSPS) is 19.0. The number of halogens is 1. The SMILES string of the molecule is CCNC(=NCC1(C(=O)N(C)C)CCCC1)NCC(c1ccc(OC)cc1)N1CCCC1.I. The van der Waals surface area contributed by atoms with Gasteiger partial charge in [-0.25, -0.2) is 0 Å². The minimum atomic E-state index is -0.351. The Kier molecular flexibility index (Phi) is 11.2. The Morgan fingerprint density at radius 2 is 1.76 bits per heavy atom. The number of aliphatic imine (C=N–C) groups is 1. The van der Waals surface area contributed by atoms with Crippen molar-refractivity contribution in [1.29, 1.82) is 0 Å². The van der Waals surface area contributed by atoms with Crippen LogP contribution >= 0.6 is 24.0 Å². The smallest absolute Gasteiger partial charge is 0.230 e. The molecule has 33 heavy (non-hydrogen) atoms. The van der Waals surface area contributed by atoms with Crippen molar-refractivity contribution in [3.63, 3.8) is 0 Å². The van der Waals surface area contributed by atoms with Crippen molar-refractivity contribution in [1.82, 2.24) is 20.4 Å². The molecule has 186 valence electrons. The molecule has 0 radical (unpaired) electrons. The summed E-state index contributed by atoms with van der Waals surface area (Å²) in [6, 6.07) is 8.67. The van der Waals surface area contributed by atoms with Crippen LogP contribution in [0, 0.1) is 5.41 Å². The van der Waals surface area contributed by atoms with Crippen molar-refractivity contribution in [2.75, 3.05) is 53.9 Å². The third kappa shape index (κ3) is 7.21. The van der Waals surface area contributed by atoms with E-state index >= 15 is 0 Å². The van der Waals surface area contributed by atoms with Gasteiger partial charge in [0.15, 0.2) is 5.96 Å². The van der Waals surface area contributed by atoms with Crippen LogP contribution in [0.4, 0.5) is 0 Å². The third-order valence-electron chi connectivity index (χ3n) is 6.85. The number of carbonyl (C=O) groups excluding carboxylic acids is 1. The lowest BCUT2D eigenvalue weighted by atomic mass is 9.85. The second-order valence-electron chi connectivity index (χ2n) is 9.30. The maximum absolute atomic E-state index is 12.9. The Labute approximate surface area is 216 Å².